The molecule has 2 heterocycles. The van der Waals surface area contributed by atoms with Gasteiger partial charge in [0, 0.05) is 30.8 Å². The minimum atomic E-state index is -2.21. The molecular weight excluding hydrogens is 219 g/mol. The van der Waals surface area contributed by atoms with Crippen molar-refractivity contribution in [1.82, 2.24) is 9.34 Å². The Bertz CT molecular complexity index is 285. The molecular formula is C12H25N2OP. The summed E-state index contributed by atoms with van der Waals surface area (Å²) >= 11 is 0. The SMILES string of the molecule is CC[C@@H]1CN1P(=O)([C@@H](C)CC)N1C[C@@H]1CC. The molecule has 2 aliphatic rings. The third kappa shape index (κ3) is 1.87. The van der Waals surface area contributed by atoms with Gasteiger partial charge in [0.15, 0.2) is 0 Å². The normalized spacial score (nSPS) is 42.5. The van der Waals surface area contributed by atoms with Crippen LogP contribution in [0.3, 0.4) is 0 Å². The minimum Gasteiger partial charge on any atom is -0.288 e. The van der Waals surface area contributed by atoms with Crippen molar-refractivity contribution in [3.05, 3.63) is 0 Å². The van der Waals surface area contributed by atoms with Crippen LogP contribution in [0.5, 0.6) is 0 Å². The standard InChI is InChI=1S/C12H25N2OP/c1-5-10(4)16(15,13-8-11(13)6-2)14-9-12(14)7-3/h10-12H,5-9H2,1-4H3/t10-,11-,12+,13?,14?,16?/m0/s1. The molecule has 4 heteroatoms. The zero-order valence-electron chi connectivity index (χ0n) is 11.0. The predicted octanol–water partition coefficient (Wildman–Crippen LogP) is 3.17. The summed E-state index contributed by atoms with van der Waals surface area (Å²) in [5, 5.41) is 0. The molecule has 0 saturated carbocycles. The fourth-order valence-corrected chi connectivity index (χ4v) is 6.50. The van der Waals surface area contributed by atoms with E-state index in [-0.39, 0.29) is 0 Å². The molecule has 2 aliphatic heterocycles. The maximum absolute atomic E-state index is 13.3. The molecule has 0 aromatic heterocycles. The van der Waals surface area contributed by atoms with Crippen LogP contribution in [0.25, 0.3) is 0 Å². The molecule has 0 aliphatic carbocycles. The molecule has 0 radical (unpaired) electrons. The fraction of sp³-hybridized carbons (Fsp3) is 1.00. The van der Waals surface area contributed by atoms with Crippen LogP contribution >= 0.6 is 7.44 Å². The second kappa shape index (κ2) is 4.44. The van der Waals surface area contributed by atoms with E-state index < -0.39 is 7.44 Å². The molecule has 16 heavy (non-hydrogen) atoms. The van der Waals surface area contributed by atoms with Gasteiger partial charge in [-0.2, -0.15) is 0 Å². The number of rotatable bonds is 6. The zero-order chi connectivity index (χ0) is 11.9. The van der Waals surface area contributed by atoms with Crippen molar-refractivity contribution in [2.24, 2.45) is 0 Å². The first-order valence-electron chi connectivity index (χ1n) is 6.73. The Morgan fingerprint density at radius 2 is 1.56 bits per heavy atom. The van der Waals surface area contributed by atoms with Crippen molar-refractivity contribution in [2.45, 2.75) is 64.7 Å². The molecule has 0 spiro atoms. The first kappa shape index (κ1) is 12.6. The molecule has 94 valence electrons. The van der Waals surface area contributed by atoms with Gasteiger partial charge in [0.2, 0.25) is 7.44 Å². The molecule has 0 N–H and O–H groups in total. The van der Waals surface area contributed by atoms with Gasteiger partial charge in [-0.05, 0) is 19.3 Å². The summed E-state index contributed by atoms with van der Waals surface area (Å²) in [5.41, 5.74) is 0.334. The molecule has 0 amide bonds. The van der Waals surface area contributed by atoms with E-state index in [2.05, 4.69) is 37.0 Å². The zero-order valence-corrected chi connectivity index (χ0v) is 11.9. The minimum absolute atomic E-state index is 0.334. The van der Waals surface area contributed by atoms with E-state index in [9.17, 15) is 4.57 Å². The Hall–Kier alpha value is 0.150. The molecule has 0 aromatic carbocycles. The maximum atomic E-state index is 13.3. The van der Waals surface area contributed by atoms with Gasteiger partial charge in [-0.25, -0.2) is 9.34 Å². The smallest absolute Gasteiger partial charge is 0.219 e. The Labute approximate surface area is 99.7 Å². The molecule has 6 atom stereocenters. The van der Waals surface area contributed by atoms with Crippen LogP contribution in [0.2, 0.25) is 0 Å². The predicted molar refractivity (Wildman–Crippen MR) is 68.9 cm³/mol. The lowest BCUT2D eigenvalue weighted by Gasteiger charge is -2.27. The quantitative estimate of drug-likeness (QED) is 0.529. The highest BCUT2D eigenvalue weighted by Crippen LogP contribution is 2.68. The first-order chi connectivity index (χ1) is 7.59. The number of hydrogen-bond acceptors (Lipinski definition) is 1. The van der Waals surface area contributed by atoms with Crippen LogP contribution in [0.1, 0.15) is 47.0 Å². The lowest BCUT2D eigenvalue weighted by molar-refractivity contribution is 0.482. The van der Waals surface area contributed by atoms with Crippen LogP contribution in [0.4, 0.5) is 0 Å². The third-order valence-corrected chi connectivity index (χ3v) is 8.18. The van der Waals surface area contributed by atoms with Crippen LogP contribution in [0.15, 0.2) is 0 Å². The third-order valence-electron chi connectivity index (χ3n) is 4.22. The Morgan fingerprint density at radius 3 is 1.81 bits per heavy atom. The Kier molecular flexibility index (Phi) is 3.49. The van der Waals surface area contributed by atoms with Crippen molar-refractivity contribution in [2.75, 3.05) is 13.1 Å². The summed E-state index contributed by atoms with van der Waals surface area (Å²) < 4.78 is 17.8. The first-order valence-corrected chi connectivity index (χ1v) is 8.41. The Morgan fingerprint density at radius 1 is 1.12 bits per heavy atom. The summed E-state index contributed by atoms with van der Waals surface area (Å²) in [4.78, 5) is 0. The summed E-state index contributed by atoms with van der Waals surface area (Å²) in [5.74, 6) is 0. The van der Waals surface area contributed by atoms with Gasteiger partial charge in [-0.3, -0.25) is 4.57 Å². The van der Waals surface area contributed by atoms with Gasteiger partial charge in [0.25, 0.3) is 0 Å². The monoisotopic (exact) mass is 244 g/mol. The van der Waals surface area contributed by atoms with Crippen LogP contribution in [0, 0.1) is 0 Å². The van der Waals surface area contributed by atoms with Crippen LogP contribution < -0.4 is 0 Å². The van der Waals surface area contributed by atoms with Crippen molar-refractivity contribution < 1.29 is 4.57 Å². The lowest BCUT2D eigenvalue weighted by Crippen LogP contribution is -2.18. The topological polar surface area (TPSA) is 23.1 Å². The highest BCUT2D eigenvalue weighted by atomic mass is 31.2. The average Bonchev–Trinajstić information content (AvgIpc) is 3.18. The molecule has 3 unspecified atom stereocenters. The van der Waals surface area contributed by atoms with E-state index in [0.717, 1.165) is 32.4 Å². The highest BCUT2D eigenvalue weighted by Gasteiger charge is 2.57. The van der Waals surface area contributed by atoms with Gasteiger partial charge in [0.1, 0.15) is 0 Å². The molecule has 3 nitrogen and oxygen atoms in total. The average molecular weight is 244 g/mol. The molecule has 0 bridgehead atoms. The van der Waals surface area contributed by atoms with Crippen molar-refractivity contribution in [3.8, 4) is 0 Å². The highest BCUT2D eigenvalue weighted by molar-refractivity contribution is 7.60. The molecule has 0 aromatic rings. The lowest BCUT2D eigenvalue weighted by atomic mass is 10.4. The van der Waals surface area contributed by atoms with Crippen molar-refractivity contribution in [3.63, 3.8) is 0 Å². The van der Waals surface area contributed by atoms with E-state index in [4.69, 9.17) is 0 Å². The van der Waals surface area contributed by atoms with Gasteiger partial charge in [-0.1, -0.05) is 27.7 Å². The van der Waals surface area contributed by atoms with E-state index in [1.54, 1.807) is 0 Å². The summed E-state index contributed by atoms with van der Waals surface area (Å²) in [6.45, 7) is 10.8. The van der Waals surface area contributed by atoms with Gasteiger partial charge in [-0.15, -0.1) is 0 Å². The summed E-state index contributed by atoms with van der Waals surface area (Å²) in [6.07, 6.45) is 3.31. The van der Waals surface area contributed by atoms with E-state index in [1.165, 1.54) is 0 Å². The van der Waals surface area contributed by atoms with Crippen molar-refractivity contribution >= 4 is 7.44 Å². The molecule has 2 fully saturated rings. The summed E-state index contributed by atoms with van der Waals surface area (Å²) in [6, 6.07) is 1.19. The maximum Gasteiger partial charge on any atom is 0.219 e. The van der Waals surface area contributed by atoms with E-state index in [0.29, 0.717) is 17.7 Å². The fourth-order valence-electron chi connectivity index (χ4n) is 2.61. The van der Waals surface area contributed by atoms with Gasteiger partial charge < -0.3 is 0 Å². The van der Waals surface area contributed by atoms with Crippen LogP contribution in [-0.4, -0.2) is 40.2 Å². The summed E-state index contributed by atoms with van der Waals surface area (Å²) in [7, 11) is -2.21. The second-order valence-electron chi connectivity index (χ2n) is 5.21. The number of nitrogens with zero attached hydrogens (tertiary/aromatic N) is 2. The largest absolute Gasteiger partial charge is 0.288 e. The van der Waals surface area contributed by atoms with E-state index in [1.807, 2.05) is 0 Å². The van der Waals surface area contributed by atoms with E-state index >= 15 is 0 Å². The van der Waals surface area contributed by atoms with Crippen LogP contribution in [-0.2, 0) is 4.57 Å². The molecule has 2 rings (SSSR count). The van der Waals surface area contributed by atoms with Gasteiger partial charge >= 0.3 is 0 Å². The van der Waals surface area contributed by atoms with Crippen molar-refractivity contribution in [1.29, 1.82) is 0 Å². The second-order valence-corrected chi connectivity index (χ2v) is 8.30. The Balaban J connectivity index is 2.12. The molecule has 2 saturated heterocycles. The van der Waals surface area contributed by atoms with Gasteiger partial charge in [0.05, 0.1) is 0 Å². The number of hydrogen-bond donors (Lipinski definition) is 0.